The molecule has 4 nitrogen and oxygen atoms in total. The summed E-state index contributed by atoms with van der Waals surface area (Å²) >= 11 is 0. The molecule has 0 saturated carbocycles. The van der Waals surface area contributed by atoms with E-state index in [2.05, 4.69) is 0 Å². The fourth-order valence-corrected chi connectivity index (χ4v) is 0.845. The van der Waals surface area contributed by atoms with Crippen molar-refractivity contribution in [3.05, 3.63) is 23.7 Å². The zero-order valence-corrected chi connectivity index (χ0v) is 7.61. The molecular weight excluding hydrogens is 172 g/mol. The average Bonchev–Trinajstić information content (AvgIpc) is 2.50. The molecule has 0 atom stereocenters. The molecule has 0 aromatic carbocycles. The summed E-state index contributed by atoms with van der Waals surface area (Å²) in [5.41, 5.74) is 0. The molecule has 0 bridgehead atoms. The first-order valence-corrected chi connectivity index (χ1v) is 4.04. The molecule has 4 heteroatoms. The zero-order chi connectivity index (χ0) is 9.84. The lowest BCUT2D eigenvalue weighted by molar-refractivity contribution is 0.0337. The molecule has 0 aliphatic heterocycles. The van der Waals surface area contributed by atoms with Gasteiger partial charge in [0, 0.05) is 0 Å². The molecule has 0 aliphatic rings. The van der Waals surface area contributed by atoms with Crippen molar-refractivity contribution >= 4 is 5.97 Å². The van der Waals surface area contributed by atoms with Crippen molar-refractivity contribution in [2.45, 2.75) is 26.6 Å². The first-order chi connectivity index (χ1) is 6.13. The molecule has 0 aliphatic carbocycles. The lowest BCUT2D eigenvalue weighted by Crippen LogP contribution is -2.10. The molecule has 1 heterocycles. The van der Waals surface area contributed by atoms with Crippen LogP contribution >= 0.6 is 0 Å². The van der Waals surface area contributed by atoms with Crippen molar-refractivity contribution < 1.29 is 19.1 Å². The maximum absolute atomic E-state index is 11.2. The van der Waals surface area contributed by atoms with Gasteiger partial charge in [0.1, 0.15) is 12.4 Å². The second-order valence-electron chi connectivity index (χ2n) is 2.88. The first-order valence-electron chi connectivity index (χ1n) is 4.04. The van der Waals surface area contributed by atoms with Gasteiger partial charge in [0.15, 0.2) is 0 Å². The van der Waals surface area contributed by atoms with Crippen LogP contribution < -0.4 is 0 Å². The van der Waals surface area contributed by atoms with E-state index in [4.69, 9.17) is 14.3 Å². The van der Waals surface area contributed by atoms with E-state index in [0.29, 0.717) is 5.76 Å². The van der Waals surface area contributed by atoms with E-state index in [1.807, 2.05) is 0 Å². The van der Waals surface area contributed by atoms with Crippen LogP contribution in [-0.2, 0) is 11.3 Å². The number of carbonyl (C=O) groups excluding carboxylic acids is 1. The second kappa shape index (κ2) is 4.09. The number of hydrogen-bond donors (Lipinski definition) is 1. The Morgan fingerprint density at radius 3 is 2.77 bits per heavy atom. The van der Waals surface area contributed by atoms with Gasteiger partial charge >= 0.3 is 5.97 Å². The number of esters is 1. The van der Waals surface area contributed by atoms with Crippen LogP contribution in [0.5, 0.6) is 0 Å². The second-order valence-corrected chi connectivity index (χ2v) is 2.88. The fourth-order valence-electron chi connectivity index (χ4n) is 0.845. The van der Waals surface area contributed by atoms with Crippen LogP contribution in [0.4, 0.5) is 0 Å². The number of furan rings is 1. The monoisotopic (exact) mass is 184 g/mol. The third kappa shape index (κ3) is 2.59. The van der Waals surface area contributed by atoms with Crippen LogP contribution in [0.1, 0.15) is 30.2 Å². The van der Waals surface area contributed by atoms with Crippen molar-refractivity contribution in [1.82, 2.24) is 0 Å². The summed E-state index contributed by atoms with van der Waals surface area (Å²) in [5, 5.41) is 8.67. The summed E-state index contributed by atoms with van der Waals surface area (Å²) in [4.78, 5) is 11.2. The Bertz CT molecular complexity index is 288. The van der Waals surface area contributed by atoms with Crippen molar-refractivity contribution in [1.29, 1.82) is 0 Å². The minimum absolute atomic E-state index is 0.123. The van der Waals surface area contributed by atoms with E-state index >= 15 is 0 Å². The van der Waals surface area contributed by atoms with Gasteiger partial charge in [0.05, 0.1) is 6.10 Å². The van der Waals surface area contributed by atoms with E-state index in [1.54, 1.807) is 13.8 Å². The Morgan fingerprint density at radius 1 is 1.62 bits per heavy atom. The first kappa shape index (κ1) is 9.80. The van der Waals surface area contributed by atoms with E-state index < -0.39 is 5.97 Å². The molecule has 13 heavy (non-hydrogen) atoms. The molecule has 0 spiro atoms. The molecule has 0 fully saturated rings. The molecule has 0 amide bonds. The SMILES string of the molecule is CC(C)OC(=O)c1ccc(CO)o1. The van der Waals surface area contributed by atoms with Crippen molar-refractivity contribution in [2.24, 2.45) is 0 Å². The van der Waals surface area contributed by atoms with Gasteiger partial charge in [-0.25, -0.2) is 4.79 Å². The number of aliphatic hydroxyl groups excluding tert-OH is 1. The number of hydrogen-bond acceptors (Lipinski definition) is 4. The van der Waals surface area contributed by atoms with Crippen LogP contribution in [0, 0.1) is 0 Å². The van der Waals surface area contributed by atoms with Gasteiger partial charge < -0.3 is 14.3 Å². The van der Waals surface area contributed by atoms with E-state index in [0.717, 1.165) is 0 Å². The van der Waals surface area contributed by atoms with Crippen molar-refractivity contribution in [3.63, 3.8) is 0 Å². The van der Waals surface area contributed by atoms with Crippen LogP contribution in [0.2, 0.25) is 0 Å². The van der Waals surface area contributed by atoms with Gasteiger partial charge in [-0.05, 0) is 26.0 Å². The third-order valence-corrected chi connectivity index (χ3v) is 1.36. The van der Waals surface area contributed by atoms with Gasteiger partial charge in [-0.1, -0.05) is 0 Å². The molecule has 0 radical (unpaired) electrons. The highest BCUT2D eigenvalue weighted by molar-refractivity contribution is 5.86. The number of aliphatic hydroxyl groups is 1. The number of carbonyl (C=O) groups is 1. The highest BCUT2D eigenvalue weighted by atomic mass is 16.6. The van der Waals surface area contributed by atoms with Crippen molar-refractivity contribution in [3.8, 4) is 0 Å². The highest BCUT2D eigenvalue weighted by Crippen LogP contribution is 2.09. The van der Waals surface area contributed by atoms with E-state index in [1.165, 1.54) is 12.1 Å². The minimum atomic E-state index is -0.505. The maximum atomic E-state index is 11.2. The third-order valence-electron chi connectivity index (χ3n) is 1.36. The van der Waals surface area contributed by atoms with Crippen molar-refractivity contribution in [2.75, 3.05) is 0 Å². The maximum Gasteiger partial charge on any atom is 0.374 e. The summed E-state index contributed by atoms with van der Waals surface area (Å²) in [6.07, 6.45) is -0.171. The average molecular weight is 184 g/mol. The zero-order valence-electron chi connectivity index (χ0n) is 7.61. The topological polar surface area (TPSA) is 59.7 Å². The summed E-state index contributed by atoms with van der Waals surface area (Å²) in [7, 11) is 0. The predicted octanol–water partition coefficient (Wildman–Crippen LogP) is 1.34. The van der Waals surface area contributed by atoms with Gasteiger partial charge in [0.2, 0.25) is 5.76 Å². The van der Waals surface area contributed by atoms with Crippen LogP contribution in [-0.4, -0.2) is 17.2 Å². The standard InChI is InChI=1S/C9H12O4/c1-6(2)12-9(11)8-4-3-7(5-10)13-8/h3-4,6,10H,5H2,1-2H3. The predicted molar refractivity (Wildman–Crippen MR) is 45.2 cm³/mol. The van der Waals surface area contributed by atoms with Crippen LogP contribution in [0.25, 0.3) is 0 Å². The van der Waals surface area contributed by atoms with Crippen LogP contribution in [0.15, 0.2) is 16.5 Å². The molecule has 1 aromatic rings. The summed E-state index contributed by atoms with van der Waals surface area (Å²) in [6, 6.07) is 3.02. The molecular formula is C9H12O4. The van der Waals surface area contributed by atoms with Gasteiger partial charge in [-0.15, -0.1) is 0 Å². The van der Waals surface area contributed by atoms with Crippen LogP contribution in [0.3, 0.4) is 0 Å². The lowest BCUT2D eigenvalue weighted by atomic mass is 10.4. The quantitative estimate of drug-likeness (QED) is 0.720. The summed E-state index contributed by atoms with van der Waals surface area (Å²) in [6.45, 7) is 3.30. The largest absolute Gasteiger partial charge is 0.457 e. The Balaban J connectivity index is 2.66. The minimum Gasteiger partial charge on any atom is -0.457 e. The Labute approximate surface area is 76.1 Å². The van der Waals surface area contributed by atoms with Gasteiger partial charge in [-0.3, -0.25) is 0 Å². The Hall–Kier alpha value is -1.29. The summed E-state index contributed by atoms with van der Waals surface area (Å²) in [5.74, 6) is -0.0249. The smallest absolute Gasteiger partial charge is 0.374 e. The molecule has 1 N–H and O–H groups in total. The van der Waals surface area contributed by atoms with E-state index in [-0.39, 0.29) is 18.5 Å². The summed E-state index contributed by atoms with van der Waals surface area (Å²) < 4.78 is 9.85. The fraction of sp³-hybridized carbons (Fsp3) is 0.444. The molecule has 1 aromatic heterocycles. The van der Waals surface area contributed by atoms with E-state index in [9.17, 15) is 4.79 Å². The van der Waals surface area contributed by atoms with Gasteiger partial charge in [0.25, 0.3) is 0 Å². The Kier molecular flexibility index (Phi) is 3.08. The number of ether oxygens (including phenoxy) is 1. The molecule has 0 saturated heterocycles. The lowest BCUT2D eigenvalue weighted by Gasteiger charge is -2.04. The Morgan fingerprint density at radius 2 is 2.31 bits per heavy atom. The molecule has 0 unspecified atom stereocenters. The normalized spacial score (nSPS) is 10.5. The molecule has 72 valence electrons. The molecule has 1 rings (SSSR count). The number of rotatable bonds is 3. The van der Waals surface area contributed by atoms with Gasteiger partial charge in [-0.2, -0.15) is 0 Å². The highest BCUT2D eigenvalue weighted by Gasteiger charge is 2.13.